The van der Waals surface area contributed by atoms with Crippen molar-refractivity contribution >= 4 is 27.5 Å². The van der Waals surface area contributed by atoms with Gasteiger partial charge in [0.25, 0.3) is 5.91 Å². The van der Waals surface area contributed by atoms with Gasteiger partial charge in [-0.05, 0) is 43.3 Å². The zero-order valence-electron chi connectivity index (χ0n) is 17.9. The van der Waals surface area contributed by atoms with Gasteiger partial charge < -0.3 is 14.2 Å². The molecular weight excluding hydrogens is 473 g/mol. The summed E-state index contributed by atoms with van der Waals surface area (Å²) in [7, 11) is -2.22. The predicted octanol–water partition coefficient (Wildman–Crippen LogP) is 3.60. The van der Waals surface area contributed by atoms with Crippen LogP contribution in [0.1, 0.15) is 16.1 Å². The minimum Gasteiger partial charge on any atom is -0.497 e. The maximum absolute atomic E-state index is 14.5. The number of nitrogens with zero attached hydrogens (tertiary/aromatic N) is 3. The second-order valence-corrected chi connectivity index (χ2v) is 9.78. The van der Waals surface area contributed by atoms with Gasteiger partial charge in [0, 0.05) is 26.2 Å². The summed E-state index contributed by atoms with van der Waals surface area (Å²) in [5.74, 6) is -0.272. The number of hydrogen-bond donors (Lipinski definition) is 0. The highest BCUT2D eigenvalue weighted by atomic mass is 35.5. The van der Waals surface area contributed by atoms with Crippen molar-refractivity contribution in [2.75, 3.05) is 33.3 Å². The second kappa shape index (κ2) is 9.12. The normalized spacial score (nSPS) is 15.0. The molecule has 1 aliphatic rings. The smallest absolute Gasteiger partial charge is 0.259 e. The molecule has 0 spiro atoms. The number of sulfonamides is 1. The third kappa shape index (κ3) is 4.33. The first kappa shape index (κ1) is 23.2. The van der Waals surface area contributed by atoms with Gasteiger partial charge >= 0.3 is 0 Å². The van der Waals surface area contributed by atoms with Gasteiger partial charge in [0.15, 0.2) is 0 Å². The van der Waals surface area contributed by atoms with Gasteiger partial charge in [-0.3, -0.25) is 4.79 Å². The fourth-order valence-electron chi connectivity index (χ4n) is 3.71. The molecule has 174 valence electrons. The van der Waals surface area contributed by atoms with Crippen molar-refractivity contribution in [3.05, 3.63) is 64.6 Å². The molecule has 0 radical (unpaired) electrons. The monoisotopic (exact) mass is 493 g/mol. The lowest BCUT2D eigenvalue weighted by Gasteiger charge is -2.34. The Hall–Kier alpha value is -2.95. The number of carbonyl (C=O) groups excluding carboxylic acids is 1. The highest BCUT2D eigenvalue weighted by molar-refractivity contribution is 7.89. The Morgan fingerprint density at radius 2 is 1.79 bits per heavy atom. The first-order chi connectivity index (χ1) is 15.7. The molecule has 0 N–H and O–H groups in total. The van der Waals surface area contributed by atoms with Crippen LogP contribution in [0.15, 0.2) is 51.9 Å². The molecule has 1 aromatic heterocycles. The van der Waals surface area contributed by atoms with E-state index in [-0.39, 0.29) is 58.7 Å². The number of benzene rings is 2. The number of hydrogen-bond acceptors (Lipinski definition) is 6. The Morgan fingerprint density at radius 1 is 1.12 bits per heavy atom. The topological polar surface area (TPSA) is 93.0 Å². The van der Waals surface area contributed by atoms with Crippen molar-refractivity contribution in [3.63, 3.8) is 0 Å². The first-order valence-corrected chi connectivity index (χ1v) is 11.9. The molecule has 0 unspecified atom stereocenters. The Morgan fingerprint density at radius 3 is 2.39 bits per heavy atom. The number of carbonyl (C=O) groups is 1. The SMILES string of the molecule is COc1ccc(S(=O)(=O)N2CCN(C(=O)c3c(-c4c(F)cccc4Cl)noc3C)CC2)cc1. The van der Waals surface area contributed by atoms with E-state index in [1.54, 1.807) is 19.1 Å². The van der Waals surface area contributed by atoms with Crippen molar-refractivity contribution in [2.24, 2.45) is 0 Å². The summed E-state index contributed by atoms with van der Waals surface area (Å²) in [5, 5.41) is 3.97. The van der Waals surface area contributed by atoms with E-state index in [0.29, 0.717) is 5.75 Å². The Labute approximate surface area is 195 Å². The molecule has 0 aliphatic carbocycles. The summed E-state index contributed by atoms with van der Waals surface area (Å²) in [6.07, 6.45) is 0. The van der Waals surface area contributed by atoms with E-state index in [1.807, 2.05) is 0 Å². The fraction of sp³-hybridized carbons (Fsp3) is 0.273. The average molecular weight is 494 g/mol. The third-order valence-corrected chi connectivity index (χ3v) is 7.73. The van der Waals surface area contributed by atoms with Crippen LogP contribution in [0.4, 0.5) is 4.39 Å². The van der Waals surface area contributed by atoms with E-state index in [9.17, 15) is 17.6 Å². The number of amides is 1. The number of aryl methyl sites for hydroxylation is 1. The van der Waals surface area contributed by atoms with E-state index in [4.69, 9.17) is 20.9 Å². The first-order valence-electron chi connectivity index (χ1n) is 10.1. The minimum atomic E-state index is -3.72. The van der Waals surface area contributed by atoms with Gasteiger partial charge in [-0.2, -0.15) is 4.31 Å². The van der Waals surface area contributed by atoms with Gasteiger partial charge in [-0.15, -0.1) is 0 Å². The van der Waals surface area contributed by atoms with Crippen molar-refractivity contribution in [1.29, 1.82) is 0 Å². The van der Waals surface area contributed by atoms with Crippen LogP contribution in [0.25, 0.3) is 11.3 Å². The highest BCUT2D eigenvalue weighted by Crippen LogP contribution is 2.34. The Balaban J connectivity index is 1.53. The quantitative estimate of drug-likeness (QED) is 0.539. The number of ether oxygens (including phenoxy) is 1. The molecule has 8 nitrogen and oxygen atoms in total. The lowest BCUT2D eigenvalue weighted by atomic mass is 10.0. The molecule has 11 heteroatoms. The predicted molar refractivity (Wildman–Crippen MR) is 119 cm³/mol. The average Bonchev–Trinajstić information content (AvgIpc) is 3.19. The van der Waals surface area contributed by atoms with Crippen LogP contribution < -0.4 is 4.74 Å². The number of rotatable bonds is 5. The van der Waals surface area contributed by atoms with E-state index in [2.05, 4.69) is 5.16 Å². The molecule has 1 saturated heterocycles. The number of piperazine rings is 1. The lowest BCUT2D eigenvalue weighted by Crippen LogP contribution is -2.50. The Bertz CT molecular complexity index is 1270. The van der Waals surface area contributed by atoms with Gasteiger partial charge in [0.2, 0.25) is 10.0 Å². The highest BCUT2D eigenvalue weighted by Gasteiger charge is 2.33. The molecule has 1 fully saturated rings. The van der Waals surface area contributed by atoms with Crippen LogP contribution in [0.2, 0.25) is 5.02 Å². The minimum absolute atomic E-state index is 0.0138. The number of aromatic nitrogens is 1. The molecule has 1 amide bonds. The van der Waals surface area contributed by atoms with Crippen molar-refractivity contribution in [2.45, 2.75) is 11.8 Å². The van der Waals surface area contributed by atoms with Crippen LogP contribution in [-0.4, -0.2) is 62.0 Å². The van der Waals surface area contributed by atoms with E-state index >= 15 is 0 Å². The summed E-state index contributed by atoms with van der Waals surface area (Å²) in [5.41, 5.74) is 0.113. The van der Waals surface area contributed by atoms with E-state index in [1.165, 1.54) is 46.6 Å². The summed E-state index contributed by atoms with van der Waals surface area (Å²) in [6, 6.07) is 10.3. The molecular formula is C22H21ClFN3O5S. The van der Waals surface area contributed by atoms with Gasteiger partial charge in [-0.1, -0.05) is 22.8 Å². The van der Waals surface area contributed by atoms with Crippen molar-refractivity contribution in [3.8, 4) is 17.0 Å². The zero-order valence-corrected chi connectivity index (χ0v) is 19.5. The number of halogens is 2. The largest absolute Gasteiger partial charge is 0.497 e. The van der Waals surface area contributed by atoms with Gasteiger partial charge in [-0.25, -0.2) is 12.8 Å². The van der Waals surface area contributed by atoms with Crippen LogP contribution in [0, 0.1) is 12.7 Å². The van der Waals surface area contributed by atoms with Crippen molar-refractivity contribution in [1.82, 2.24) is 14.4 Å². The maximum Gasteiger partial charge on any atom is 0.259 e. The molecule has 4 rings (SSSR count). The van der Waals surface area contributed by atoms with Gasteiger partial charge in [0.05, 0.1) is 22.6 Å². The molecule has 1 aliphatic heterocycles. The molecule has 3 aromatic rings. The third-order valence-electron chi connectivity index (χ3n) is 5.50. The fourth-order valence-corrected chi connectivity index (χ4v) is 5.38. The molecule has 33 heavy (non-hydrogen) atoms. The summed E-state index contributed by atoms with van der Waals surface area (Å²) >= 11 is 6.15. The second-order valence-electron chi connectivity index (χ2n) is 7.43. The molecule has 2 heterocycles. The van der Waals surface area contributed by atoms with Crippen molar-refractivity contribution < 1.29 is 26.9 Å². The van der Waals surface area contributed by atoms with Gasteiger partial charge in [0.1, 0.15) is 28.6 Å². The molecule has 0 bridgehead atoms. The Kier molecular flexibility index (Phi) is 6.42. The molecule has 0 saturated carbocycles. The zero-order chi connectivity index (χ0) is 23.8. The van der Waals surface area contributed by atoms with Crippen LogP contribution >= 0.6 is 11.6 Å². The number of methoxy groups -OCH3 is 1. The maximum atomic E-state index is 14.5. The van der Waals surface area contributed by atoms with Crippen LogP contribution in [0.5, 0.6) is 5.75 Å². The molecule has 0 atom stereocenters. The van der Waals surface area contributed by atoms with Crippen LogP contribution in [-0.2, 0) is 10.0 Å². The summed E-state index contributed by atoms with van der Waals surface area (Å²) in [4.78, 5) is 14.9. The molecule has 2 aromatic carbocycles. The van der Waals surface area contributed by atoms with Crippen LogP contribution in [0.3, 0.4) is 0 Å². The summed E-state index contributed by atoms with van der Waals surface area (Å²) < 4.78 is 52.0. The van der Waals surface area contributed by atoms with E-state index in [0.717, 1.165) is 0 Å². The van der Waals surface area contributed by atoms with E-state index < -0.39 is 21.7 Å². The standard InChI is InChI=1S/C22H21ClFN3O5S/c1-14-19(21(25-32-14)20-17(23)4-3-5-18(20)24)22(28)26-10-12-27(13-11-26)33(29,30)16-8-6-15(31-2)7-9-16/h3-9H,10-13H2,1-2H3. The summed E-state index contributed by atoms with van der Waals surface area (Å²) in [6.45, 7) is 2.09. The lowest BCUT2D eigenvalue weighted by molar-refractivity contribution is 0.0696.